The topological polar surface area (TPSA) is 84.2 Å². The summed E-state index contributed by atoms with van der Waals surface area (Å²) >= 11 is 5.63. The van der Waals surface area contributed by atoms with E-state index < -0.39 is 30.2 Å². The lowest BCUT2D eigenvalue weighted by atomic mass is 10.0. The van der Waals surface area contributed by atoms with E-state index in [1.54, 1.807) is 10.9 Å². The predicted octanol–water partition coefficient (Wildman–Crippen LogP) is 3.20. The maximum Gasteiger partial charge on any atom is 0.305 e. The van der Waals surface area contributed by atoms with Crippen LogP contribution in [-0.2, 0) is 4.79 Å². The van der Waals surface area contributed by atoms with E-state index in [-0.39, 0.29) is 16.8 Å². The zero-order valence-electron chi connectivity index (χ0n) is 13.2. The summed E-state index contributed by atoms with van der Waals surface area (Å²) in [5.41, 5.74) is 0.476. The molecule has 1 amide bonds. The van der Waals surface area contributed by atoms with Crippen molar-refractivity contribution >= 4 is 23.5 Å². The van der Waals surface area contributed by atoms with Gasteiger partial charge in [0.15, 0.2) is 0 Å². The molecule has 128 valence electrons. The summed E-state index contributed by atoms with van der Waals surface area (Å²) in [6.07, 6.45) is 1.27. The molecule has 0 saturated carbocycles. The molecule has 1 heterocycles. The number of carboxylic acids is 1. The lowest BCUT2D eigenvalue weighted by Gasteiger charge is -2.17. The van der Waals surface area contributed by atoms with Crippen molar-refractivity contribution in [3.05, 3.63) is 52.6 Å². The van der Waals surface area contributed by atoms with Gasteiger partial charge in [-0.15, -0.1) is 0 Å². The molecule has 2 aromatic rings. The molecule has 0 radical (unpaired) electrons. The number of carbonyl (C=O) groups is 2. The minimum Gasteiger partial charge on any atom is -0.481 e. The van der Waals surface area contributed by atoms with E-state index in [9.17, 15) is 14.0 Å². The Morgan fingerprint density at radius 3 is 2.62 bits per heavy atom. The number of amides is 1. The molecule has 1 aromatic heterocycles. The first kappa shape index (κ1) is 17.9. The molecule has 24 heavy (non-hydrogen) atoms. The molecule has 1 aromatic carbocycles. The molecule has 0 spiro atoms. The van der Waals surface area contributed by atoms with Crippen LogP contribution in [0.4, 0.5) is 4.39 Å². The van der Waals surface area contributed by atoms with Gasteiger partial charge in [0.05, 0.1) is 17.5 Å². The van der Waals surface area contributed by atoms with Crippen molar-refractivity contribution in [1.82, 2.24) is 15.1 Å². The Kier molecular flexibility index (Phi) is 5.56. The number of hydrogen-bond acceptors (Lipinski definition) is 3. The van der Waals surface area contributed by atoms with Gasteiger partial charge in [0.25, 0.3) is 5.91 Å². The second kappa shape index (κ2) is 7.44. The van der Waals surface area contributed by atoms with Crippen LogP contribution >= 0.6 is 11.6 Å². The van der Waals surface area contributed by atoms with E-state index in [1.807, 2.05) is 13.8 Å². The summed E-state index contributed by atoms with van der Waals surface area (Å²) < 4.78 is 15.2. The van der Waals surface area contributed by atoms with Crippen LogP contribution in [-0.4, -0.2) is 26.8 Å². The molecule has 0 aliphatic heterocycles. The van der Waals surface area contributed by atoms with Crippen molar-refractivity contribution in [2.75, 3.05) is 0 Å². The molecule has 6 nitrogen and oxygen atoms in total. The highest BCUT2D eigenvalue weighted by Crippen LogP contribution is 2.23. The predicted molar refractivity (Wildman–Crippen MR) is 86.5 cm³/mol. The Morgan fingerprint density at radius 2 is 2.08 bits per heavy atom. The van der Waals surface area contributed by atoms with Gasteiger partial charge in [0.2, 0.25) is 0 Å². The number of halogens is 2. The molecule has 0 saturated heterocycles. The fourth-order valence-corrected chi connectivity index (χ4v) is 2.25. The molecule has 2 rings (SSSR count). The first-order chi connectivity index (χ1) is 11.3. The highest BCUT2D eigenvalue weighted by Gasteiger charge is 2.21. The second-order valence-corrected chi connectivity index (χ2v) is 5.98. The third kappa shape index (κ3) is 4.32. The largest absolute Gasteiger partial charge is 0.481 e. The summed E-state index contributed by atoms with van der Waals surface area (Å²) in [6, 6.07) is 4.64. The average molecular weight is 354 g/mol. The van der Waals surface area contributed by atoms with Gasteiger partial charge in [-0.2, -0.15) is 5.10 Å². The monoisotopic (exact) mass is 353 g/mol. The second-order valence-electron chi connectivity index (χ2n) is 5.57. The molecule has 0 fully saturated rings. The first-order valence-electron chi connectivity index (χ1n) is 7.30. The summed E-state index contributed by atoms with van der Waals surface area (Å²) in [5.74, 6) is -2.33. The van der Waals surface area contributed by atoms with Crippen LogP contribution in [0.5, 0.6) is 0 Å². The van der Waals surface area contributed by atoms with Crippen LogP contribution in [0.15, 0.2) is 30.5 Å². The molecular formula is C16H17ClFN3O3. The number of carbonyl (C=O) groups excluding carboxylic acids is 1. The standard InChI is InChI=1S/C16H17ClFN3O3/c1-9(2)21-6-5-13(20-21)16(24)19-14(8-15(22)23)10-3-4-11(17)12(18)7-10/h3-7,9,14H,8H2,1-2H3,(H,19,24)(H,22,23). The molecule has 1 atom stereocenters. The zero-order valence-corrected chi connectivity index (χ0v) is 13.9. The maximum absolute atomic E-state index is 13.6. The van der Waals surface area contributed by atoms with Crippen molar-refractivity contribution in [3.63, 3.8) is 0 Å². The number of nitrogens with zero attached hydrogens (tertiary/aromatic N) is 2. The number of aromatic nitrogens is 2. The van der Waals surface area contributed by atoms with Crippen LogP contribution in [0.1, 0.15) is 48.4 Å². The number of carboxylic acid groups (broad SMARTS) is 1. The van der Waals surface area contributed by atoms with Gasteiger partial charge in [-0.1, -0.05) is 17.7 Å². The highest BCUT2D eigenvalue weighted by atomic mass is 35.5. The van der Waals surface area contributed by atoms with Crippen molar-refractivity contribution in [1.29, 1.82) is 0 Å². The Bertz CT molecular complexity index is 761. The molecule has 0 aliphatic carbocycles. The van der Waals surface area contributed by atoms with Gasteiger partial charge in [-0.05, 0) is 37.6 Å². The normalized spacial score (nSPS) is 12.2. The zero-order chi connectivity index (χ0) is 17.9. The summed E-state index contributed by atoms with van der Waals surface area (Å²) in [7, 11) is 0. The maximum atomic E-state index is 13.6. The minimum absolute atomic E-state index is 0.0742. The van der Waals surface area contributed by atoms with E-state index in [4.69, 9.17) is 16.7 Å². The van der Waals surface area contributed by atoms with Crippen LogP contribution in [0.25, 0.3) is 0 Å². The fraction of sp³-hybridized carbons (Fsp3) is 0.312. The van der Waals surface area contributed by atoms with Gasteiger partial charge in [-0.25, -0.2) is 4.39 Å². The Morgan fingerprint density at radius 1 is 1.38 bits per heavy atom. The Labute approximate surface area is 143 Å². The van der Waals surface area contributed by atoms with E-state index in [0.29, 0.717) is 5.56 Å². The minimum atomic E-state index is -1.12. The van der Waals surface area contributed by atoms with Crippen molar-refractivity contribution in [2.24, 2.45) is 0 Å². The quantitative estimate of drug-likeness (QED) is 0.835. The van der Waals surface area contributed by atoms with Gasteiger partial charge in [0.1, 0.15) is 11.5 Å². The number of benzene rings is 1. The molecule has 0 bridgehead atoms. The summed E-state index contributed by atoms with van der Waals surface area (Å²) in [4.78, 5) is 23.4. The van der Waals surface area contributed by atoms with E-state index in [1.165, 1.54) is 18.2 Å². The van der Waals surface area contributed by atoms with Gasteiger partial charge in [-0.3, -0.25) is 14.3 Å². The Hall–Kier alpha value is -2.41. The SMILES string of the molecule is CC(C)n1ccc(C(=O)NC(CC(=O)O)c2ccc(Cl)c(F)c2)n1. The number of aliphatic carboxylic acids is 1. The van der Waals surface area contributed by atoms with Crippen LogP contribution in [0.2, 0.25) is 5.02 Å². The lowest BCUT2D eigenvalue weighted by Crippen LogP contribution is -2.30. The Balaban J connectivity index is 2.22. The molecular weight excluding hydrogens is 337 g/mol. The van der Waals surface area contributed by atoms with Crippen molar-refractivity contribution < 1.29 is 19.1 Å². The summed E-state index contributed by atoms with van der Waals surface area (Å²) in [5, 5.41) is 15.7. The van der Waals surface area contributed by atoms with Gasteiger partial charge < -0.3 is 10.4 Å². The highest BCUT2D eigenvalue weighted by molar-refractivity contribution is 6.30. The molecule has 8 heteroatoms. The number of rotatable bonds is 6. The third-order valence-corrected chi connectivity index (χ3v) is 3.71. The van der Waals surface area contributed by atoms with Crippen LogP contribution in [0.3, 0.4) is 0 Å². The molecule has 0 aliphatic rings. The third-order valence-electron chi connectivity index (χ3n) is 3.40. The van der Waals surface area contributed by atoms with E-state index in [2.05, 4.69) is 10.4 Å². The van der Waals surface area contributed by atoms with E-state index in [0.717, 1.165) is 6.07 Å². The molecule has 1 unspecified atom stereocenters. The summed E-state index contributed by atoms with van der Waals surface area (Å²) in [6.45, 7) is 3.83. The number of hydrogen-bond donors (Lipinski definition) is 2. The average Bonchev–Trinajstić information content (AvgIpc) is 2.99. The fourth-order valence-electron chi connectivity index (χ4n) is 2.13. The van der Waals surface area contributed by atoms with Crippen LogP contribution in [0, 0.1) is 5.82 Å². The molecule has 2 N–H and O–H groups in total. The van der Waals surface area contributed by atoms with Gasteiger partial charge in [0, 0.05) is 12.2 Å². The smallest absolute Gasteiger partial charge is 0.305 e. The number of nitrogens with one attached hydrogen (secondary N) is 1. The van der Waals surface area contributed by atoms with Crippen LogP contribution < -0.4 is 5.32 Å². The first-order valence-corrected chi connectivity index (χ1v) is 7.68. The van der Waals surface area contributed by atoms with E-state index >= 15 is 0 Å². The lowest BCUT2D eigenvalue weighted by molar-refractivity contribution is -0.137. The van der Waals surface area contributed by atoms with Crippen molar-refractivity contribution in [2.45, 2.75) is 32.4 Å². The van der Waals surface area contributed by atoms with Gasteiger partial charge >= 0.3 is 5.97 Å². The van der Waals surface area contributed by atoms with Crippen molar-refractivity contribution in [3.8, 4) is 0 Å².